The van der Waals surface area contributed by atoms with Crippen LogP contribution in [0.2, 0.25) is 0 Å². The Balaban J connectivity index is 1.77. The molecule has 2 aromatic rings. The molecule has 0 spiro atoms. The molecule has 0 fully saturated rings. The summed E-state index contributed by atoms with van der Waals surface area (Å²) in [6.45, 7) is 0. The molecule has 2 aromatic carbocycles. The summed E-state index contributed by atoms with van der Waals surface area (Å²) < 4.78 is 0. The van der Waals surface area contributed by atoms with Gasteiger partial charge in [0, 0.05) is 11.5 Å². The first-order valence-corrected chi connectivity index (χ1v) is 7.24. The second-order valence-electron chi connectivity index (χ2n) is 5.22. The van der Waals surface area contributed by atoms with Crippen LogP contribution < -0.4 is 5.32 Å². The fraction of sp³-hybridized carbons (Fsp3) is 0.0526. The van der Waals surface area contributed by atoms with Crippen molar-refractivity contribution < 1.29 is 14.7 Å². The summed E-state index contributed by atoms with van der Waals surface area (Å²) in [4.78, 5) is 23.5. The third kappa shape index (κ3) is 3.21. The smallest absolute Gasteiger partial charge is 0.337 e. The van der Waals surface area contributed by atoms with Gasteiger partial charge < -0.3 is 10.4 Å². The highest BCUT2D eigenvalue weighted by Gasteiger charge is 2.13. The Morgan fingerprint density at radius 1 is 0.913 bits per heavy atom. The number of amides is 1. The minimum absolute atomic E-state index is 0.0682. The number of hydrogen-bond acceptors (Lipinski definition) is 2. The molecular formula is C19H15NO3. The summed E-state index contributed by atoms with van der Waals surface area (Å²) in [6.07, 6.45) is 8.15. The van der Waals surface area contributed by atoms with Crippen molar-refractivity contribution in [1.82, 2.24) is 0 Å². The quantitative estimate of drug-likeness (QED) is 0.901. The van der Waals surface area contributed by atoms with Crippen LogP contribution in [0.3, 0.4) is 0 Å². The Kier molecular flexibility index (Phi) is 4.06. The van der Waals surface area contributed by atoms with Crippen LogP contribution in [0.4, 0.5) is 5.69 Å². The van der Waals surface area contributed by atoms with Crippen molar-refractivity contribution in [2.24, 2.45) is 0 Å². The van der Waals surface area contributed by atoms with E-state index in [1.807, 2.05) is 24.3 Å². The fourth-order valence-electron chi connectivity index (χ4n) is 2.48. The largest absolute Gasteiger partial charge is 0.478 e. The third-order valence-corrected chi connectivity index (χ3v) is 3.71. The number of rotatable bonds is 4. The Bertz CT molecular complexity index is 792. The van der Waals surface area contributed by atoms with E-state index in [4.69, 9.17) is 5.11 Å². The third-order valence-electron chi connectivity index (χ3n) is 3.71. The van der Waals surface area contributed by atoms with Crippen LogP contribution in [-0.4, -0.2) is 17.0 Å². The molecule has 4 nitrogen and oxygen atoms in total. The molecule has 114 valence electrons. The summed E-state index contributed by atoms with van der Waals surface area (Å²) in [5, 5.41) is 11.8. The van der Waals surface area contributed by atoms with Crippen LogP contribution in [0.1, 0.15) is 32.2 Å². The highest BCUT2D eigenvalue weighted by molar-refractivity contribution is 6.07. The number of aromatic carboxylic acids is 1. The second kappa shape index (κ2) is 6.32. The minimum Gasteiger partial charge on any atom is -0.478 e. The molecule has 3 rings (SSSR count). The Morgan fingerprint density at radius 2 is 1.57 bits per heavy atom. The van der Waals surface area contributed by atoms with Crippen molar-refractivity contribution in [1.29, 1.82) is 0 Å². The van der Waals surface area contributed by atoms with E-state index in [9.17, 15) is 9.59 Å². The molecule has 0 saturated carbocycles. The fourth-order valence-corrected chi connectivity index (χ4v) is 2.48. The zero-order valence-electron chi connectivity index (χ0n) is 12.3. The van der Waals surface area contributed by atoms with Gasteiger partial charge in [0.2, 0.25) is 0 Å². The predicted octanol–water partition coefficient (Wildman–Crippen LogP) is 3.85. The van der Waals surface area contributed by atoms with E-state index in [-0.39, 0.29) is 23.1 Å². The molecule has 1 aliphatic carbocycles. The van der Waals surface area contributed by atoms with Gasteiger partial charge in [0.05, 0.1) is 11.3 Å². The van der Waals surface area contributed by atoms with Gasteiger partial charge >= 0.3 is 5.97 Å². The molecule has 2 N–H and O–H groups in total. The number of carbonyl (C=O) groups is 2. The van der Waals surface area contributed by atoms with Crippen LogP contribution in [0.25, 0.3) is 0 Å². The SMILES string of the molecule is O=C(Nc1ccccc1C(=O)O)c1ccc(C2C=CC=C2)cc1. The van der Waals surface area contributed by atoms with E-state index in [0.717, 1.165) is 5.56 Å². The van der Waals surface area contributed by atoms with E-state index in [1.54, 1.807) is 30.3 Å². The number of anilines is 1. The Labute approximate surface area is 133 Å². The van der Waals surface area contributed by atoms with E-state index >= 15 is 0 Å². The van der Waals surface area contributed by atoms with Gasteiger partial charge in [-0.05, 0) is 29.8 Å². The Hall–Kier alpha value is -3.14. The highest BCUT2D eigenvalue weighted by atomic mass is 16.4. The maximum absolute atomic E-state index is 12.3. The average molecular weight is 305 g/mol. The first-order chi connectivity index (χ1) is 11.1. The molecule has 0 radical (unpaired) electrons. The first-order valence-electron chi connectivity index (χ1n) is 7.24. The summed E-state index contributed by atoms with van der Waals surface area (Å²) in [5.41, 5.74) is 1.95. The molecule has 0 heterocycles. The summed E-state index contributed by atoms with van der Waals surface area (Å²) in [5.74, 6) is -1.15. The topological polar surface area (TPSA) is 66.4 Å². The minimum atomic E-state index is -1.07. The van der Waals surface area contributed by atoms with E-state index in [0.29, 0.717) is 5.56 Å². The Morgan fingerprint density at radius 3 is 2.22 bits per heavy atom. The number of benzene rings is 2. The molecule has 0 aliphatic heterocycles. The molecule has 0 unspecified atom stereocenters. The van der Waals surface area contributed by atoms with E-state index in [1.165, 1.54) is 6.07 Å². The van der Waals surface area contributed by atoms with Gasteiger partial charge in [-0.1, -0.05) is 48.6 Å². The molecular weight excluding hydrogens is 290 g/mol. The number of hydrogen-bond donors (Lipinski definition) is 2. The number of para-hydroxylation sites is 1. The molecule has 0 saturated heterocycles. The standard InChI is InChI=1S/C19H15NO3/c21-18(20-17-8-4-3-7-16(17)19(22)23)15-11-9-14(10-12-15)13-5-1-2-6-13/h1-13H,(H,20,21)(H,22,23). The van der Waals surface area contributed by atoms with Crippen molar-refractivity contribution in [3.05, 3.63) is 89.5 Å². The number of carboxylic acid groups (broad SMARTS) is 1. The molecule has 0 atom stereocenters. The molecule has 1 amide bonds. The number of nitrogens with one attached hydrogen (secondary N) is 1. The maximum Gasteiger partial charge on any atom is 0.337 e. The lowest BCUT2D eigenvalue weighted by molar-refractivity contribution is 0.0698. The van der Waals surface area contributed by atoms with Gasteiger partial charge in [-0.25, -0.2) is 4.79 Å². The molecule has 4 heteroatoms. The lowest BCUT2D eigenvalue weighted by atomic mass is 9.99. The highest BCUT2D eigenvalue weighted by Crippen LogP contribution is 2.23. The second-order valence-corrected chi connectivity index (χ2v) is 5.22. The van der Waals surface area contributed by atoms with Crippen LogP contribution in [-0.2, 0) is 0 Å². The van der Waals surface area contributed by atoms with Crippen LogP contribution >= 0.6 is 0 Å². The number of allylic oxidation sites excluding steroid dienone is 4. The van der Waals surface area contributed by atoms with Crippen LogP contribution in [0.15, 0.2) is 72.8 Å². The number of carbonyl (C=O) groups excluding carboxylic acids is 1. The van der Waals surface area contributed by atoms with Gasteiger partial charge in [-0.3, -0.25) is 4.79 Å². The monoisotopic (exact) mass is 305 g/mol. The van der Waals surface area contributed by atoms with Crippen LogP contribution in [0.5, 0.6) is 0 Å². The van der Waals surface area contributed by atoms with Crippen molar-refractivity contribution >= 4 is 17.6 Å². The first kappa shape index (κ1) is 14.8. The molecule has 23 heavy (non-hydrogen) atoms. The van der Waals surface area contributed by atoms with Crippen molar-refractivity contribution in [2.75, 3.05) is 5.32 Å². The average Bonchev–Trinajstić information content (AvgIpc) is 3.10. The van der Waals surface area contributed by atoms with Gasteiger partial charge in [-0.2, -0.15) is 0 Å². The number of carboxylic acids is 1. The summed E-state index contributed by atoms with van der Waals surface area (Å²) in [7, 11) is 0. The van der Waals surface area contributed by atoms with Crippen molar-refractivity contribution in [3.63, 3.8) is 0 Å². The van der Waals surface area contributed by atoms with Crippen LogP contribution in [0, 0.1) is 0 Å². The summed E-state index contributed by atoms with van der Waals surface area (Å²) >= 11 is 0. The lowest BCUT2D eigenvalue weighted by Gasteiger charge is -2.10. The zero-order chi connectivity index (χ0) is 16.2. The predicted molar refractivity (Wildman–Crippen MR) is 88.8 cm³/mol. The zero-order valence-corrected chi connectivity index (χ0v) is 12.3. The van der Waals surface area contributed by atoms with Gasteiger partial charge in [0.25, 0.3) is 5.91 Å². The van der Waals surface area contributed by atoms with Gasteiger partial charge in [0.1, 0.15) is 0 Å². The van der Waals surface area contributed by atoms with Crippen molar-refractivity contribution in [2.45, 2.75) is 5.92 Å². The molecule has 1 aliphatic rings. The van der Waals surface area contributed by atoms with Gasteiger partial charge in [-0.15, -0.1) is 0 Å². The molecule has 0 bridgehead atoms. The normalized spacial score (nSPS) is 13.2. The van der Waals surface area contributed by atoms with Crippen molar-refractivity contribution in [3.8, 4) is 0 Å². The van der Waals surface area contributed by atoms with Gasteiger partial charge in [0.15, 0.2) is 0 Å². The summed E-state index contributed by atoms with van der Waals surface area (Å²) in [6, 6.07) is 13.6. The van der Waals surface area contributed by atoms with E-state index < -0.39 is 5.97 Å². The maximum atomic E-state index is 12.3. The molecule has 0 aromatic heterocycles. The van der Waals surface area contributed by atoms with E-state index in [2.05, 4.69) is 17.5 Å². The lowest BCUT2D eigenvalue weighted by Crippen LogP contribution is -2.14.